The van der Waals surface area contributed by atoms with Gasteiger partial charge in [0.2, 0.25) is 5.91 Å². The van der Waals surface area contributed by atoms with Gasteiger partial charge in [-0.15, -0.1) is 0 Å². The lowest BCUT2D eigenvalue weighted by molar-refractivity contribution is -0.115. The van der Waals surface area contributed by atoms with Gasteiger partial charge in [-0.1, -0.05) is 23.2 Å². The van der Waals surface area contributed by atoms with Gasteiger partial charge in [0.15, 0.2) is 9.84 Å². The summed E-state index contributed by atoms with van der Waals surface area (Å²) in [6.45, 7) is 1.29. The van der Waals surface area contributed by atoms with Crippen molar-refractivity contribution in [2.24, 2.45) is 0 Å². The molecule has 1 N–H and O–H groups in total. The smallest absolute Gasteiger partial charge is 0.243 e. The third kappa shape index (κ3) is 3.83. The number of nitrogens with zero attached hydrogens (tertiary/aromatic N) is 1. The van der Waals surface area contributed by atoms with E-state index in [9.17, 15) is 13.2 Å². The molecule has 0 saturated carbocycles. The molecule has 17 heavy (non-hydrogen) atoms. The van der Waals surface area contributed by atoms with Gasteiger partial charge < -0.3 is 5.32 Å². The van der Waals surface area contributed by atoms with Crippen LogP contribution in [0.5, 0.6) is 0 Å². The second kappa shape index (κ2) is 5.20. The Bertz CT molecular complexity index is 545. The molecule has 1 amide bonds. The van der Waals surface area contributed by atoms with Crippen LogP contribution in [0.1, 0.15) is 6.92 Å². The van der Waals surface area contributed by atoms with E-state index >= 15 is 0 Å². The fraction of sp³-hybridized carbons (Fsp3) is 0.333. The number of carbonyl (C=O) groups excluding carboxylic acids is 1. The Hall–Kier alpha value is -0.850. The lowest BCUT2D eigenvalue weighted by Crippen LogP contribution is -2.32. The highest BCUT2D eigenvalue weighted by Crippen LogP contribution is 2.22. The van der Waals surface area contributed by atoms with Crippen LogP contribution in [0.3, 0.4) is 0 Å². The molecular weight excluding hydrogens is 287 g/mol. The van der Waals surface area contributed by atoms with Crippen LogP contribution in [0.25, 0.3) is 0 Å². The van der Waals surface area contributed by atoms with Crippen molar-refractivity contribution in [1.29, 1.82) is 0 Å². The van der Waals surface area contributed by atoms with E-state index in [1.807, 2.05) is 0 Å². The first-order valence-electron chi connectivity index (χ1n) is 4.52. The summed E-state index contributed by atoms with van der Waals surface area (Å²) in [5, 5.41) is 1.67. The lowest BCUT2D eigenvalue weighted by Gasteiger charge is -2.10. The Morgan fingerprint density at radius 2 is 2.00 bits per heavy atom. The molecule has 5 nitrogen and oxygen atoms in total. The summed E-state index contributed by atoms with van der Waals surface area (Å²) >= 11 is 11.4. The summed E-state index contributed by atoms with van der Waals surface area (Å²) in [5.74, 6) is -0.515. The lowest BCUT2D eigenvalue weighted by atomic mass is 10.4. The van der Waals surface area contributed by atoms with Crippen molar-refractivity contribution in [3.8, 4) is 0 Å². The minimum atomic E-state index is -3.44. The second-order valence-electron chi connectivity index (χ2n) is 3.44. The Balaban J connectivity index is 2.85. The molecule has 1 aromatic heterocycles. The molecule has 0 spiro atoms. The van der Waals surface area contributed by atoms with Gasteiger partial charge in [-0.2, -0.15) is 0 Å². The molecule has 0 unspecified atom stereocenters. The van der Waals surface area contributed by atoms with E-state index in [1.54, 1.807) is 0 Å². The van der Waals surface area contributed by atoms with Crippen molar-refractivity contribution >= 4 is 44.8 Å². The quantitative estimate of drug-likeness (QED) is 0.922. The molecule has 8 heteroatoms. The predicted molar refractivity (Wildman–Crippen MR) is 67.2 cm³/mol. The molecule has 1 aromatic rings. The Labute approximate surface area is 109 Å². The number of hydrogen-bond donors (Lipinski definition) is 1. The van der Waals surface area contributed by atoms with Crippen molar-refractivity contribution in [1.82, 2.24) is 4.98 Å². The monoisotopic (exact) mass is 296 g/mol. The largest absolute Gasteiger partial charge is 0.310 e. The first-order valence-corrected chi connectivity index (χ1v) is 7.23. The summed E-state index contributed by atoms with van der Waals surface area (Å²) < 4.78 is 22.3. The number of halogens is 2. The number of aromatic nitrogens is 1. The molecule has 0 saturated heterocycles. The van der Waals surface area contributed by atoms with Gasteiger partial charge in [-0.25, -0.2) is 13.4 Å². The van der Waals surface area contributed by atoms with Crippen LogP contribution in [-0.2, 0) is 14.6 Å². The van der Waals surface area contributed by atoms with Gasteiger partial charge in [0.1, 0.15) is 11.1 Å². The van der Waals surface area contributed by atoms with Gasteiger partial charge in [0.05, 0.1) is 10.0 Å². The van der Waals surface area contributed by atoms with Crippen molar-refractivity contribution in [3.63, 3.8) is 0 Å². The Morgan fingerprint density at radius 1 is 1.41 bits per heavy atom. The SMILES string of the molecule is C[C@@H](C(=O)Nc1cc(Cl)c(Cl)cn1)S(C)(=O)=O. The van der Waals surface area contributed by atoms with E-state index in [-0.39, 0.29) is 15.9 Å². The summed E-state index contributed by atoms with van der Waals surface area (Å²) in [4.78, 5) is 15.3. The highest BCUT2D eigenvalue weighted by Gasteiger charge is 2.23. The zero-order chi connectivity index (χ0) is 13.2. The first kappa shape index (κ1) is 14.2. The summed E-state index contributed by atoms with van der Waals surface area (Å²) in [6.07, 6.45) is 2.25. The van der Waals surface area contributed by atoms with Crippen LogP contribution in [0.4, 0.5) is 5.82 Å². The molecule has 0 aromatic carbocycles. The number of pyridine rings is 1. The highest BCUT2D eigenvalue weighted by molar-refractivity contribution is 7.92. The molecule has 0 fully saturated rings. The fourth-order valence-corrected chi connectivity index (χ4v) is 1.61. The van der Waals surface area contributed by atoms with Crippen LogP contribution in [0.15, 0.2) is 12.3 Å². The van der Waals surface area contributed by atoms with Gasteiger partial charge in [0.25, 0.3) is 0 Å². The van der Waals surface area contributed by atoms with E-state index in [0.29, 0.717) is 0 Å². The van der Waals surface area contributed by atoms with E-state index in [0.717, 1.165) is 6.26 Å². The molecule has 94 valence electrons. The molecule has 1 rings (SSSR count). The Kier molecular flexibility index (Phi) is 4.35. The highest BCUT2D eigenvalue weighted by atomic mass is 35.5. The number of nitrogens with one attached hydrogen (secondary N) is 1. The molecular formula is C9H10Cl2N2O3S. The third-order valence-corrected chi connectivity index (χ3v) is 4.28. The number of hydrogen-bond acceptors (Lipinski definition) is 4. The van der Waals surface area contributed by atoms with Crippen molar-refractivity contribution in [2.75, 3.05) is 11.6 Å². The van der Waals surface area contributed by atoms with E-state index in [4.69, 9.17) is 23.2 Å². The summed E-state index contributed by atoms with van der Waals surface area (Å²) in [5.41, 5.74) is 0. The number of anilines is 1. The van der Waals surface area contributed by atoms with E-state index < -0.39 is 21.0 Å². The molecule has 0 aliphatic carbocycles. The maximum Gasteiger partial charge on any atom is 0.243 e. The number of sulfone groups is 1. The topological polar surface area (TPSA) is 76.1 Å². The maximum absolute atomic E-state index is 11.5. The molecule has 0 radical (unpaired) electrons. The van der Waals surface area contributed by atoms with Gasteiger partial charge >= 0.3 is 0 Å². The van der Waals surface area contributed by atoms with Crippen LogP contribution in [0.2, 0.25) is 10.0 Å². The van der Waals surface area contributed by atoms with Crippen LogP contribution in [-0.4, -0.2) is 30.8 Å². The number of amides is 1. The molecule has 0 bridgehead atoms. The van der Waals surface area contributed by atoms with Gasteiger partial charge in [-0.05, 0) is 6.92 Å². The normalized spacial score (nSPS) is 13.2. The van der Waals surface area contributed by atoms with E-state index in [2.05, 4.69) is 10.3 Å². The van der Waals surface area contributed by atoms with E-state index in [1.165, 1.54) is 19.2 Å². The van der Waals surface area contributed by atoms with Crippen molar-refractivity contribution in [2.45, 2.75) is 12.2 Å². The molecule has 1 heterocycles. The minimum Gasteiger partial charge on any atom is -0.310 e. The zero-order valence-corrected chi connectivity index (χ0v) is 11.4. The maximum atomic E-state index is 11.5. The molecule has 0 aliphatic rings. The first-order chi connectivity index (χ1) is 7.71. The van der Waals surface area contributed by atoms with Crippen LogP contribution in [0, 0.1) is 0 Å². The molecule has 1 atom stereocenters. The van der Waals surface area contributed by atoms with Crippen molar-refractivity contribution in [3.05, 3.63) is 22.3 Å². The fourth-order valence-electron chi connectivity index (χ4n) is 0.905. The summed E-state index contributed by atoms with van der Waals surface area (Å²) in [6, 6.07) is 1.34. The average Bonchev–Trinajstić information content (AvgIpc) is 2.21. The third-order valence-electron chi connectivity index (χ3n) is 2.07. The average molecular weight is 297 g/mol. The zero-order valence-electron chi connectivity index (χ0n) is 9.07. The number of carbonyl (C=O) groups is 1. The van der Waals surface area contributed by atoms with Crippen LogP contribution >= 0.6 is 23.2 Å². The Morgan fingerprint density at radius 3 is 2.47 bits per heavy atom. The van der Waals surface area contributed by atoms with Crippen molar-refractivity contribution < 1.29 is 13.2 Å². The molecule has 0 aliphatic heterocycles. The predicted octanol–water partition coefficient (Wildman–Crippen LogP) is 1.76. The second-order valence-corrected chi connectivity index (χ2v) is 6.63. The summed E-state index contributed by atoms with van der Waals surface area (Å²) in [7, 11) is -3.44. The van der Waals surface area contributed by atoms with Gasteiger partial charge in [0, 0.05) is 18.5 Å². The number of rotatable bonds is 3. The van der Waals surface area contributed by atoms with Gasteiger partial charge in [-0.3, -0.25) is 4.79 Å². The standard InChI is InChI=1S/C9H10Cl2N2O3S/c1-5(17(2,15)16)9(14)13-8-3-6(10)7(11)4-12-8/h3-5H,1-2H3,(H,12,13,14)/t5-/m0/s1. The van der Waals surface area contributed by atoms with Crippen LogP contribution < -0.4 is 5.32 Å². The minimum absolute atomic E-state index is 0.153.